The maximum absolute atomic E-state index is 6.93. The molecule has 0 atom stereocenters. The van der Waals surface area contributed by atoms with Crippen LogP contribution in [0.2, 0.25) is 0 Å². The Morgan fingerprint density at radius 3 is 1.68 bits per heavy atom. The van der Waals surface area contributed by atoms with Gasteiger partial charge in [-0.05, 0) is 120 Å². The Labute approximate surface area is 372 Å². The SMILES string of the molecule is CC1(C)c2ccccc2-c2ccc(C(CCc3ccc4c(c3)oc3cc(-c5cccc6sc7ccccc7c56)c5ccccc5c34)c3ccc4c(c3)C(C)(C)c3ccccc3-4)cc21. The molecule has 2 aromatic heterocycles. The van der Waals surface area contributed by atoms with Crippen LogP contribution in [0.5, 0.6) is 0 Å². The monoisotopic (exact) mass is 826 g/mol. The standard InChI is InChI=1S/C61H46OS/c1-60(2)50-20-10-7-15-41(50)43-30-26-37(33-52(43)60)39(38-27-31-44-42-16-8-11-21-51(42)61(3,4)53(44)34-38)28-24-36-25-29-47-54(32-36)62-55-35-49(40-14-5-6-17-45(40)58(47)55)46-19-13-23-57-59(46)48-18-9-12-22-56(48)63-57/h5-23,25-27,29-35,39H,24,28H2,1-4H3. The molecular formula is C61H46OS. The van der Waals surface area contributed by atoms with E-state index in [1.165, 1.54) is 114 Å². The van der Waals surface area contributed by atoms with E-state index in [-0.39, 0.29) is 16.7 Å². The summed E-state index contributed by atoms with van der Waals surface area (Å²) in [5.41, 5.74) is 19.5. The fraction of sp³-hybridized carbons (Fsp3) is 0.148. The van der Waals surface area contributed by atoms with Crippen LogP contribution in [-0.2, 0) is 17.3 Å². The summed E-state index contributed by atoms with van der Waals surface area (Å²) in [5, 5.41) is 7.49. The fourth-order valence-corrected chi connectivity index (χ4v) is 12.9. The second-order valence-corrected chi connectivity index (χ2v) is 20.2. The smallest absolute Gasteiger partial charge is 0.136 e. The number of fused-ring (bicyclic) bond motifs is 14. The van der Waals surface area contributed by atoms with Crippen molar-refractivity contribution in [1.29, 1.82) is 0 Å². The van der Waals surface area contributed by atoms with Crippen LogP contribution in [0.4, 0.5) is 0 Å². The van der Waals surface area contributed by atoms with Gasteiger partial charge in [-0.3, -0.25) is 0 Å². The highest BCUT2D eigenvalue weighted by atomic mass is 32.1. The van der Waals surface area contributed by atoms with E-state index in [0.717, 1.165) is 24.0 Å². The van der Waals surface area contributed by atoms with Crippen LogP contribution in [-0.4, -0.2) is 0 Å². The third kappa shape index (κ3) is 5.34. The highest BCUT2D eigenvalue weighted by Crippen LogP contribution is 2.52. The van der Waals surface area contributed by atoms with E-state index >= 15 is 0 Å². The predicted molar refractivity (Wildman–Crippen MR) is 268 cm³/mol. The first kappa shape index (κ1) is 36.9. The highest BCUT2D eigenvalue weighted by molar-refractivity contribution is 7.25. The molecule has 9 aromatic carbocycles. The van der Waals surface area contributed by atoms with Gasteiger partial charge in [0, 0.05) is 47.7 Å². The van der Waals surface area contributed by atoms with E-state index in [4.69, 9.17) is 4.42 Å². The second-order valence-electron chi connectivity index (χ2n) is 19.1. The van der Waals surface area contributed by atoms with Gasteiger partial charge in [-0.25, -0.2) is 0 Å². The Morgan fingerprint density at radius 1 is 0.413 bits per heavy atom. The molecule has 0 radical (unpaired) electrons. The summed E-state index contributed by atoms with van der Waals surface area (Å²) in [6.45, 7) is 9.57. The van der Waals surface area contributed by atoms with Crippen molar-refractivity contribution in [3.8, 4) is 33.4 Å². The van der Waals surface area contributed by atoms with Gasteiger partial charge in [-0.2, -0.15) is 0 Å². The van der Waals surface area contributed by atoms with Gasteiger partial charge in [0.1, 0.15) is 11.2 Å². The lowest BCUT2D eigenvalue weighted by atomic mass is 9.77. The largest absolute Gasteiger partial charge is 0.456 e. The van der Waals surface area contributed by atoms with Crippen molar-refractivity contribution in [3.05, 3.63) is 215 Å². The molecule has 2 heteroatoms. The van der Waals surface area contributed by atoms with Gasteiger partial charge >= 0.3 is 0 Å². The van der Waals surface area contributed by atoms with Gasteiger partial charge < -0.3 is 4.42 Å². The number of hydrogen-bond donors (Lipinski definition) is 0. The first-order valence-corrected chi connectivity index (χ1v) is 23.3. The highest BCUT2D eigenvalue weighted by Gasteiger charge is 2.38. The van der Waals surface area contributed by atoms with E-state index in [0.29, 0.717) is 0 Å². The van der Waals surface area contributed by atoms with Crippen LogP contribution in [0.1, 0.15) is 79.0 Å². The number of hydrogen-bond acceptors (Lipinski definition) is 2. The Balaban J connectivity index is 0.914. The topological polar surface area (TPSA) is 13.1 Å². The van der Waals surface area contributed by atoms with Gasteiger partial charge in [0.15, 0.2) is 0 Å². The second kappa shape index (κ2) is 13.4. The molecule has 0 saturated heterocycles. The van der Waals surface area contributed by atoms with Gasteiger partial charge in [-0.15, -0.1) is 11.3 Å². The van der Waals surface area contributed by atoms with Crippen molar-refractivity contribution >= 4 is 64.2 Å². The average Bonchev–Trinajstić information content (AvgIpc) is 4.01. The van der Waals surface area contributed by atoms with Gasteiger partial charge in [0.25, 0.3) is 0 Å². The molecule has 2 aliphatic carbocycles. The molecule has 0 spiro atoms. The molecule has 1 nitrogen and oxygen atoms in total. The minimum absolute atomic E-state index is 0.0611. The quantitative estimate of drug-likeness (QED) is 0.163. The van der Waals surface area contributed by atoms with Crippen molar-refractivity contribution in [2.75, 3.05) is 0 Å². The zero-order valence-corrected chi connectivity index (χ0v) is 36.9. The van der Waals surface area contributed by atoms with E-state index in [1.54, 1.807) is 0 Å². The summed E-state index contributed by atoms with van der Waals surface area (Å²) >= 11 is 1.87. The average molecular weight is 827 g/mol. The predicted octanol–water partition coefficient (Wildman–Crippen LogP) is 17.2. The Hall–Kier alpha value is -6.74. The van der Waals surface area contributed by atoms with Gasteiger partial charge in [0.05, 0.1) is 0 Å². The number of benzene rings is 9. The Bertz CT molecular complexity index is 3600. The van der Waals surface area contributed by atoms with Crippen molar-refractivity contribution in [2.45, 2.75) is 57.3 Å². The molecule has 2 aliphatic rings. The summed E-state index contributed by atoms with van der Waals surface area (Å²) in [6, 6.07) is 66.4. The first-order valence-electron chi connectivity index (χ1n) is 22.5. The first-order chi connectivity index (χ1) is 30.7. The van der Waals surface area contributed by atoms with E-state index in [1.807, 2.05) is 11.3 Å². The normalized spacial score (nSPS) is 14.6. The van der Waals surface area contributed by atoms with Crippen molar-refractivity contribution in [2.24, 2.45) is 0 Å². The maximum atomic E-state index is 6.93. The summed E-state index contributed by atoms with van der Waals surface area (Å²) in [6.07, 6.45) is 1.91. The Kier molecular flexibility index (Phi) is 7.83. The number of rotatable bonds is 6. The molecule has 0 saturated carbocycles. The molecule has 13 rings (SSSR count). The zero-order valence-electron chi connectivity index (χ0n) is 36.1. The van der Waals surface area contributed by atoms with Crippen molar-refractivity contribution in [3.63, 3.8) is 0 Å². The lowest BCUT2D eigenvalue weighted by Gasteiger charge is -2.26. The summed E-state index contributed by atoms with van der Waals surface area (Å²) in [7, 11) is 0. The third-order valence-corrected chi connectivity index (χ3v) is 16.1. The molecule has 0 fully saturated rings. The summed E-state index contributed by atoms with van der Waals surface area (Å²) in [4.78, 5) is 0. The summed E-state index contributed by atoms with van der Waals surface area (Å²) in [5.74, 6) is 0.216. The number of aryl methyl sites for hydroxylation is 1. The maximum Gasteiger partial charge on any atom is 0.136 e. The van der Waals surface area contributed by atoms with Crippen LogP contribution in [0.3, 0.4) is 0 Å². The molecule has 0 N–H and O–H groups in total. The molecule has 2 heterocycles. The van der Waals surface area contributed by atoms with E-state index < -0.39 is 0 Å². The Morgan fingerprint density at radius 2 is 0.984 bits per heavy atom. The molecule has 0 unspecified atom stereocenters. The minimum Gasteiger partial charge on any atom is -0.456 e. The molecule has 63 heavy (non-hydrogen) atoms. The minimum atomic E-state index is -0.0611. The number of furan rings is 1. The van der Waals surface area contributed by atoms with E-state index in [2.05, 4.69) is 204 Å². The molecule has 0 bridgehead atoms. The number of thiophene rings is 1. The third-order valence-electron chi connectivity index (χ3n) is 15.0. The van der Waals surface area contributed by atoms with Crippen LogP contribution < -0.4 is 0 Å². The van der Waals surface area contributed by atoms with Crippen molar-refractivity contribution < 1.29 is 4.42 Å². The van der Waals surface area contributed by atoms with Crippen LogP contribution in [0.25, 0.3) is 86.3 Å². The van der Waals surface area contributed by atoms with Gasteiger partial charge in [-0.1, -0.05) is 179 Å². The lowest BCUT2D eigenvalue weighted by molar-refractivity contribution is 0.649. The molecule has 0 aliphatic heterocycles. The summed E-state index contributed by atoms with van der Waals surface area (Å²) < 4.78 is 9.56. The zero-order chi connectivity index (χ0) is 42.2. The van der Waals surface area contributed by atoms with Crippen LogP contribution >= 0.6 is 11.3 Å². The van der Waals surface area contributed by atoms with Gasteiger partial charge in [0.2, 0.25) is 0 Å². The van der Waals surface area contributed by atoms with Crippen LogP contribution in [0.15, 0.2) is 180 Å². The van der Waals surface area contributed by atoms with Crippen LogP contribution in [0, 0.1) is 0 Å². The molecule has 0 amide bonds. The lowest BCUT2D eigenvalue weighted by Crippen LogP contribution is -2.16. The fourth-order valence-electron chi connectivity index (χ4n) is 11.8. The molecule has 302 valence electrons. The molecule has 11 aromatic rings. The molecular weight excluding hydrogens is 781 g/mol. The van der Waals surface area contributed by atoms with Crippen molar-refractivity contribution in [1.82, 2.24) is 0 Å². The van der Waals surface area contributed by atoms with E-state index in [9.17, 15) is 0 Å².